The van der Waals surface area contributed by atoms with E-state index in [1.807, 2.05) is 18.2 Å². The lowest BCUT2D eigenvalue weighted by Crippen LogP contribution is -2.29. The highest BCUT2D eigenvalue weighted by molar-refractivity contribution is 6.42. The highest BCUT2D eigenvalue weighted by Gasteiger charge is 2.03. The van der Waals surface area contributed by atoms with Gasteiger partial charge in [0.2, 0.25) is 0 Å². The van der Waals surface area contributed by atoms with Gasteiger partial charge in [0.05, 0.1) is 10.0 Å². The molecule has 1 aromatic carbocycles. The van der Waals surface area contributed by atoms with Crippen LogP contribution in [-0.4, -0.2) is 31.1 Å². The van der Waals surface area contributed by atoms with E-state index in [0.29, 0.717) is 10.0 Å². The van der Waals surface area contributed by atoms with Gasteiger partial charge in [0, 0.05) is 6.54 Å². The summed E-state index contributed by atoms with van der Waals surface area (Å²) in [6.45, 7) is 10.1. The van der Waals surface area contributed by atoms with Gasteiger partial charge in [-0.1, -0.05) is 56.0 Å². The largest absolute Gasteiger partial charge is 0.313 e. The summed E-state index contributed by atoms with van der Waals surface area (Å²) in [5.74, 6) is 0. The van der Waals surface area contributed by atoms with Crippen LogP contribution in [0.4, 0.5) is 0 Å². The minimum Gasteiger partial charge on any atom is -0.313 e. The van der Waals surface area contributed by atoms with Gasteiger partial charge in [-0.2, -0.15) is 0 Å². The van der Waals surface area contributed by atoms with E-state index in [4.69, 9.17) is 23.2 Å². The van der Waals surface area contributed by atoms with Crippen molar-refractivity contribution in [2.45, 2.75) is 52.5 Å². The summed E-state index contributed by atoms with van der Waals surface area (Å²) in [6, 6.07) is 5.82. The predicted octanol–water partition coefficient (Wildman–Crippen LogP) is 5.38. The van der Waals surface area contributed by atoms with Gasteiger partial charge in [0.1, 0.15) is 0 Å². The maximum absolute atomic E-state index is 6.03. The number of unbranched alkanes of at least 4 members (excludes halogenated alkanes) is 2. The molecule has 0 spiro atoms. The lowest BCUT2D eigenvalue weighted by Gasteiger charge is -2.22. The van der Waals surface area contributed by atoms with Crippen LogP contribution in [0, 0.1) is 0 Å². The van der Waals surface area contributed by atoms with Crippen LogP contribution in [0.5, 0.6) is 0 Å². The van der Waals surface area contributed by atoms with Gasteiger partial charge in [0.25, 0.3) is 0 Å². The summed E-state index contributed by atoms with van der Waals surface area (Å²) in [6.07, 6.45) is 6.35. The molecule has 2 nitrogen and oxygen atoms in total. The standard InChI is InChI=1S/C18H30Cl2N2/c1-3-5-11-22(12-6-4-2)13-7-10-21-15-16-8-9-17(19)18(20)14-16/h8-9,14,21H,3-7,10-13,15H2,1-2H3. The number of nitrogens with one attached hydrogen (secondary N) is 1. The maximum atomic E-state index is 6.03. The number of halogens is 2. The summed E-state index contributed by atoms with van der Waals surface area (Å²) in [4.78, 5) is 2.60. The smallest absolute Gasteiger partial charge is 0.0595 e. The van der Waals surface area contributed by atoms with E-state index < -0.39 is 0 Å². The molecular weight excluding hydrogens is 315 g/mol. The quantitative estimate of drug-likeness (QED) is 0.512. The second-order valence-corrected chi connectivity index (χ2v) is 6.64. The van der Waals surface area contributed by atoms with E-state index in [1.54, 1.807) is 0 Å². The van der Waals surface area contributed by atoms with Crippen LogP contribution in [0.2, 0.25) is 10.0 Å². The van der Waals surface area contributed by atoms with Crippen molar-refractivity contribution in [1.29, 1.82) is 0 Å². The van der Waals surface area contributed by atoms with E-state index in [0.717, 1.165) is 13.1 Å². The van der Waals surface area contributed by atoms with E-state index in [9.17, 15) is 0 Å². The Morgan fingerprint density at radius 2 is 1.55 bits per heavy atom. The van der Waals surface area contributed by atoms with Crippen molar-refractivity contribution >= 4 is 23.2 Å². The van der Waals surface area contributed by atoms with Crippen LogP contribution in [0.3, 0.4) is 0 Å². The molecular formula is C18H30Cl2N2. The van der Waals surface area contributed by atoms with Crippen LogP contribution in [0.15, 0.2) is 18.2 Å². The Morgan fingerprint density at radius 3 is 2.14 bits per heavy atom. The van der Waals surface area contributed by atoms with Crippen molar-refractivity contribution in [2.75, 3.05) is 26.2 Å². The van der Waals surface area contributed by atoms with Gasteiger partial charge in [-0.25, -0.2) is 0 Å². The second-order valence-electron chi connectivity index (χ2n) is 5.83. The number of rotatable bonds is 12. The van der Waals surface area contributed by atoms with Gasteiger partial charge in [-0.3, -0.25) is 0 Å². The van der Waals surface area contributed by atoms with E-state index >= 15 is 0 Å². The molecule has 0 amide bonds. The number of benzene rings is 1. The number of hydrogen-bond donors (Lipinski definition) is 1. The average Bonchev–Trinajstić information content (AvgIpc) is 2.52. The minimum absolute atomic E-state index is 0.618. The predicted molar refractivity (Wildman–Crippen MR) is 99.0 cm³/mol. The van der Waals surface area contributed by atoms with Crippen molar-refractivity contribution in [3.63, 3.8) is 0 Å². The molecule has 1 rings (SSSR count). The zero-order valence-electron chi connectivity index (χ0n) is 14.0. The lowest BCUT2D eigenvalue weighted by molar-refractivity contribution is 0.261. The van der Waals surface area contributed by atoms with Crippen LogP contribution < -0.4 is 5.32 Å². The van der Waals surface area contributed by atoms with Crippen molar-refractivity contribution in [1.82, 2.24) is 10.2 Å². The Bertz CT molecular complexity index is 402. The van der Waals surface area contributed by atoms with Crippen LogP contribution in [-0.2, 0) is 6.54 Å². The van der Waals surface area contributed by atoms with Crippen molar-refractivity contribution in [3.05, 3.63) is 33.8 Å². The van der Waals surface area contributed by atoms with E-state index in [1.165, 1.54) is 57.3 Å². The van der Waals surface area contributed by atoms with Crippen LogP contribution >= 0.6 is 23.2 Å². The molecule has 0 saturated carbocycles. The zero-order chi connectivity index (χ0) is 16.2. The topological polar surface area (TPSA) is 15.3 Å². The third kappa shape index (κ3) is 8.38. The Morgan fingerprint density at radius 1 is 0.909 bits per heavy atom. The highest BCUT2D eigenvalue weighted by Crippen LogP contribution is 2.22. The first-order valence-electron chi connectivity index (χ1n) is 8.54. The fraction of sp³-hybridized carbons (Fsp3) is 0.667. The van der Waals surface area contributed by atoms with Crippen molar-refractivity contribution < 1.29 is 0 Å². The fourth-order valence-corrected chi connectivity index (χ4v) is 2.73. The van der Waals surface area contributed by atoms with Gasteiger partial charge in [0.15, 0.2) is 0 Å². The summed E-state index contributed by atoms with van der Waals surface area (Å²) < 4.78 is 0. The Labute approximate surface area is 146 Å². The van der Waals surface area contributed by atoms with Crippen LogP contribution in [0.25, 0.3) is 0 Å². The molecule has 1 aromatic rings. The molecule has 1 N–H and O–H groups in total. The SMILES string of the molecule is CCCCN(CCCC)CCCNCc1ccc(Cl)c(Cl)c1. The molecule has 0 aromatic heterocycles. The second kappa shape index (κ2) is 12.2. The molecule has 0 radical (unpaired) electrons. The molecule has 0 aliphatic rings. The van der Waals surface area contributed by atoms with Gasteiger partial charge < -0.3 is 10.2 Å². The van der Waals surface area contributed by atoms with Crippen LogP contribution in [0.1, 0.15) is 51.5 Å². The summed E-state index contributed by atoms with van der Waals surface area (Å²) >= 11 is 12.0. The van der Waals surface area contributed by atoms with E-state index in [-0.39, 0.29) is 0 Å². The molecule has 0 aliphatic carbocycles. The summed E-state index contributed by atoms with van der Waals surface area (Å²) in [5.41, 5.74) is 1.18. The first kappa shape index (κ1) is 19.8. The summed E-state index contributed by atoms with van der Waals surface area (Å²) in [5, 5.41) is 4.74. The third-order valence-electron chi connectivity index (χ3n) is 3.80. The maximum Gasteiger partial charge on any atom is 0.0595 e. The fourth-order valence-electron chi connectivity index (χ4n) is 2.41. The molecule has 0 heterocycles. The third-order valence-corrected chi connectivity index (χ3v) is 4.54. The molecule has 0 aliphatic heterocycles. The van der Waals surface area contributed by atoms with Crippen molar-refractivity contribution in [3.8, 4) is 0 Å². The number of hydrogen-bond acceptors (Lipinski definition) is 2. The Balaban J connectivity index is 2.19. The molecule has 0 fully saturated rings. The lowest BCUT2D eigenvalue weighted by atomic mass is 10.2. The first-order chi connectivity index (χ1) is 10.7. The Hall–Kier alpha value is -0.280. The molecule has 4 heteroatoms. The monoisotopic (exact) mass is 344 g/mol. The minimum atomic E-state index is 0.618. The zero-order valence-corrected chi connectivity index (χ0v) is 15.5. The Kier molecular flexibility index (Phi) is 10.9. The van der Waals surface area contributed by atoms with Gasteiger partial charge in [-0.05, 0) is 63.1 Å². The average molecular weight is 345 g/mol. The molecule has 0 bridgehead atoms. The first-order valence-corrected chi connectivity index (χ1v) is 9.30. The van der Waals surface area contributed by atoms with Gasteiger partial charge >= 0.3 is 0 Å². The molecule has 0 atom stereocenters. The molecule has 126 valence electrons. The summed E-state index contributed by atoms with van der Waals surface area (Å²) in [7, 11) is 0. The molecule has 0 unspecified atom stereocenters. The highest BCUT2D eigenvalue weighted by atomic mass is 35.5. The normalized spacial score (nSPS) is 11.3. The van der Waals surface area contributed by atoms with E-state index in [2.05, 4.69) is 24.1 Å². The van der Waals surface area contributed by atoms with Gasteiger partial charge in [-0.15, -0.1) is 0 Å². The van der Waals surface area contributed by atoms with Crippen molar-refractivity contribution in [2.24, 2.45) is 0 Å². The molecule has 22 heavy (non-hydrogen) atoms. The number of nitrogens with zero attached hydrogens (tertiary/aromatic N) is 1. The molecule has 0 saturated heterocycles.